The third kappa shape index (κ3) is 5.02. The minimum absolute atomic E-state index is 0.145. The number of nitrogens with one attached hydrogen (secondary N) is 1. The molecule has 1 N–H and O–H groups in total. The van der Waals surface area contributed by atoms with Gasteiger partial charge in [0.15, 0.2) is 6.61 Å². The molecular formula is C13H13ClN6O4. The Morgan fingerprint density at radius 1 is 1.50 bits per heavy atom. The highest BCUT2D eigenvalue weighted by atomic mass is 35.5. The molecule has 1 aromatic carbocycles. The van der Waals surface area contributed by atoms with Crippen LogP contribution in [0, 0.1) is 10.1 Å². The van der Waals surface area contributed by atoms with Crippen LogP contribution < -0.4 is 10.2 Å². The zero-order valence-electron chi connectivity index (χ0n) is 12.5. The van der Waals surface area contributed by atoms with Gasteiger partial charge in [0, 0.05) is 5.10 Å². The number of nitro groups is 1. The van der Waals surface area contributed by atoms with E-state index >= 15 is 0 Å². The maximum Gasteiger partial charge on any atom is 0.490 e. The number of hydrogen-bond acceptors (Lipinski definition) is 7. The van der Waals surface area contributed by atoms with Gasteiger partial charge in [-0.05, 0) is 24.0 Å². The van der Waals surface area contributed by atoms with Crippen LogP contribution in [0.1, 0.15) is 6.92 Å². The Hall–Kier alpha value is -3.01. The smallest absolute Gasteiger partial charge is 0.482 e. The Morgan fingerprint density at radius 3 is 2.92 bits per heavy atom. The molecular weight excluding hydrogens is 340 g/mol. The summed E-state index contributed by atoms with van der Waals surface area (Å²) in [4.78, 5) is 25.0. The lowest BCUT2D eigenvalue weighted by Gasteiger charge is -2.06. The fourth-order valence-corrected chi connectivity index (χ4v) is 1.80. The monoisotopic (exact) mass is 352 g/mol. The van der Waals surface area contributed by atoms with Crippen molar-refractivity contribution in [2.45, 2.75) is 13.5 Å². The zero-order chi connectivity index (χ0) is 17.5. The summed E-state index contributed by atoms with van der Waals surface area (Å²) in [6.07, 6.45) is 1.21. The molecule has 1 aromatic heterocycles. The first-order valence-corrected chi connectivity index (χ1v) is 7.06. The van der Waals surface area contributed by atoms with E-state index in [0.717, 1.165) is 0 Å². The molecule has 0 unspecified atom stereocenters. The second-order valence-electron chi connectivity index (χ2n) is 4.60. The van der Waals surface area contributed by atoms with Gasteiger partial charge in [0.25, 0.3) is 5.91 Å². The van der Waals surface area contributed by atoms with Gasteiger partial charge in [0.05, 0.1) is 17.3 Å². The van der Waals surface area contributed by atoms with Crippen molar-refractivity contribution >= 4 is 29.2 Å². The minimum Gasteiger partial charge on any atom is -0.482 e. The van der Waals surface area contributed by atoms with E-state index in [2.05, 4.69) is 20.6 Å². The molecule has 126 valence electrons. The van der Waals surface area contributed by atoms with Gasteiger partial charge >= 0.3 is 5.95 Å². The highest BCUT2D eigenvalue weighted by molar-refractivity contribution is 6.32. The number of amides is 1. The second kappa shape index (κ2) is 8.02. The summed E-state index contributed by atoms with van der Waals surface area (Å²) >= 11 is 5.90. The van der Waals surface area contributed by atoms with Crippen molar-refractivity contribution in [3.63, 3.8) is 0 Å². The first-order valence-electron chi connectivity index (χ1n) is 6.69. The van der Waals surface area contributed by atoms with Crippen LogP contribution in [-0.4, -0.2) is 37.9 Å². The first kappa shape index (κ1) is 17.3. The molecule has 0 saturated heterocycles. The van der Waals surface area contributed by atoms with E-state index < -0.39 is 16.8 Å². The first-order chi connectivity index (χ1) is 11.5. The number of hydrazone groups is 1. The second-order valence-corrected chi connectivity index (χ2v) is 5.01. The van der Waals surface area contributed by atoms with Crippen LogP contribution in [0.2, 0.25) is 5.02 Å². The van der Waals surface area contributed by atoms with Crippen LogP contribution >= 0.6 is 11.6 Å². The number of aromatic nitrogens is 3. The fourth-order valence-electron chi connectivity index (χ4n) is 1.61. The molecule has 0 radical (unpaired) electrons. The molecule has 0 aliphatic carbocycles. The van der Waals surface area contributed by atoms with Gasteiger partial charge in [-0.3, -0.25) is 4.79 Å². The molecule has 0 atom stereocenters. The highest BCUT2D eigenvalue weighted by Crippen LogP contribution is 2.22. The lowest BCUT2D eigenvalue weighted by Crippen LogP contribution is -2.26. The van der Waals surface area contributed by atoms with E-state index in [0.29, 0.717) is 16.5 Å². The van der Waals surface area contributed by atoms with Crippen molar-refractivity contribution in [3.8, 4) is 5.75 Å². The van der Waals surface area contributed by atoms with Crippen LogP contribution in [0.15, 0.2) is 35.7 Å². The average Bonchev–Trinajstić information content (AvgIpc) is 3.01. The van der Waals surface area contributed by atoms with Gasteiger partial charge in [-0.1, -0.05) is 28.7 Å². The van der Waals surface area contributed by atoms with Crippen LogP contribution in [0.3, 0.4) is 0 Å². The predicted octanol–water partition coefficient (Wildman–Crippen LogP) is 1.41. The van der Waals surface area contributed by atoms with Gasteiger partial charge in [0.2, 0.25) is 6.33 Å². The summed E-state index contributed by atoms with van der Waals surface area (Å²) < 4.78 is 6.50. The van der Waals surface area contributed by atoms with Gasteiger partial charge in [-0.15, -0.1) is 0 Å². The summed E-state index contributed by atoms with van der Waals surface area (Å²) in [5.41, 5.74) is 2.78. The summed E-state index contributed by atoms with van der Waals surface area (Å²) in [5.74, 6) is -0.580. The molecule has 1 amide bonds. The van der Waals surface area contributed by atoms with Gasteiger partial charge in [-0.25, -0.2) is 5.43 Å². The van der Waals surface area contributed by atoms with E-state index in [-0.39, 0.29) is 13.2 Å². The van der Waals surface area contributed by atoms with E-state index in [1.54, 1.807) is 31.2 Å². The maximum atomic E-state index is 11.7. The number of nitrogens with zero attached hydrogens (tertiary/aromatic N) is 5. The largest absolute Gasteiger partial charge is 0.490 e. The third-order valence-electron chi connectivity index (χ3n) is 2.65. The average molecular weight is 353 g/mol. The molecule has 0 fully saturated rings. The lowest BCUT2D eigenvalue weighted by molar-refractivity contribution is -0.394. The number of ether oxygens (including phenoxy) is 1. The maximum absolute atomic E-state index is 11.7. The number of hydrogen-bond donors (Lipinski definition) is 1. The molecule has 0 spiro atoms. The summed E-state index contributed by atoms with van der Waals surface area (Å²) in [6, 6.07) is 6.77. The van der Waals surface area contributed by atoms with Crippen molar-refractivity contribution in [3.05, 3.63) is 45.7 Å². The standard InChI is InChI=1S/C13H13ClN6O4/c1-9(6-19-8-15-13(18-19)20(22)23)16-17-12(21)7-24-11-5-3-2-4-10(11)14/h2-5,8H,6-7H2,1H3,(H,17,21)/b16-9+. The highest BCUT2D eigenvalue weighted by Gasteiger charge is 2.13. The Balaban J connectivity index is 1.81. The van der Waals surface area contributed by atoms with Crippen molar-refractivity contribution in [2.24, 2.45) is 5.10 Å². The molecule has 11 heteroatoms. The van der Waals surface area contributed by atoms with Crippen molar-refractivity contribution in [1.82, 2.24) is 20.2 Å². The van der Waals surface area contributed by atoms with Crippen LogP contribution in [0.5, 0.6) is 5.75 Å². The van der Waals surface area contributed by atoms with Crippen molar-refractivity contribution in [1.29, 1.82) is 0 Å². The lowest BCUT2D eigenvalue weighted by atomic mass is 10.3. The normalized spacial score (nSPS) is 11.2. The van der Waals surface area contributed by atoms with E-state index in [1.165, 1.54) is 11.0 Å². The molecule has 2 rings (SSSR count). The Morgan fingerprint density at radius 2 is 2.25 bits per heavy atom. The molecule has 1 heterocycles. The predicted molar refractivity (Wildman–Crippen MR) is 84.9 cm³/mol. The summed E-state index contributed by atoms with van der Waals surface area (Å²) in [6.45, 7) is 1.52. The molecule has 0 aliphatic heterocycles. The third-order valence-corrected chi connectivity index (χ3v) is 2.96. The Bertz CT molecular complexity index is 775. The van der Waals surface area contributed by atoms with E-state index in [4.69, 9.17) is 16.3 Å². The van der Waals surface area contributed by atoms with Gasteiger partial charge < -0.3 is 14.9 Å². The summed E-state index contributed by atoms with van der Waals surface area (Å²) in [5, 5.41) is 18.4. The van der Waals surface area contributed by atoms with Crippen LogP contribution in [0.4, 0.5) is 5.95 Å². The fraction of sp³-hybridized carbons (Fsp3) is 0.231. The number of carbonyl (C=O) groups excluding carboxylic acids is 1. The molecule has 0 saturated carbocycles. The quantitative estimate of drug-likeness (QED) is 0.456. The number of rotatable bonds is 7. The van der Waals surface area contributed by atoms with Gasteiger partial charge in [0.1, 0.15) is 5.75 Å². The van der Waals surface area contributed by atoms with E-state index in [9.17, 15) is 14.9 Å². The molecule has 24 heavy (non-hydrogen) atoms. The molecule has 0 bridgehead atoms. The number of para-hydroxylation sites is 1. The van der Waals surface area contributed by atoms with Crippen molar-refractivity contribution in [2.75, 3.05) is 6.61 Å². The Labute approximate surface area is 141 Å². The number of halogens is 1. The zero-order valence-corrected chi connectivity index (χ0v) is 13.3. The van der Waals surface area contributed by atoms with Crippen LogP contribution in [0.25, 0.3) is 0 Å². The molecule has 2 aromatic rings. The van der Waals surface area contributed by atoms with Crippen molar-refractivity contribution < 1.29 is 14.5 Å². The topological polar surface area (TPSA) is 125 Å². The van der Waals surface area contributed by atoms with E-state index in [1.807, 2.05) is 0 Å². The van der Waals surface area contributed by atoms with Gasteiger partial charge in [-0.2, -0.15) is 9.78 Å². The number of carbonyl (C=O) groups is 1. The molecule has 0 aliphatic rings. The number of benzene rings is 1. The SMILES string of the molecule is C/C(Cn1cnc([N+](=O)[O-])n1)=N\NC(=O)COc1ccccc1Cl. The van der Waals surface area contributed by atoms with Crippen LogP contribution in [-0.2, 0) is 11.3 Å². The minimum atomic E-state index is -0.698. The Kier molecular flexibility index (Phi) is 5.79. The summed E-state index contributed by atoms with van der Waals surface area (Å²) in [7, 11) is 0. The molecule has 10 nitrogen and oxygen atoms in total.